The van der Waals surface area contributed by atoms with Crippen LogP contribution < -0.4 is 9.64 Å². The molecule has 0 N–H and O–H groups in total. The van der Waals surface area contributed by atoms with Crippen LogP contribution in [0.5, 0.6) is 5.75 Å². The molecule has 1 fully saturated rings. The Morgan fingerprint density at radius 3 is 2.45 bits per heavy atom. The molecular formula is C36H41N5O6S2. The summed E-state index contributed by atoms with van der Waals surface area (Å²) in [6.45, 7) is 9.15. The average molecular weight is 704 g/mol. The Bertz CT molecular complexity index is 1870. The highest BCUT2D eigenvalue weighted by Crippen LogP contribution is 2.41. The van der Waals surface area contributed by atoms with E-state index >= 15 is 0 Å². The maximum absolute atomic E-state index is 13.1. The lowest BCUT2D eigenvalue weighted by atomic mass is 9.99. The van der Waals surface area contributed by atoms with Crippen LogP contribution in [-0.4, -0.2) is 96.8 Å². The summed E-state index contributed by atoms with van der Waals surface area (Å²) >= 11 is 3.07. The van der Waals surface area contributed by atoms with Crippen molar-refractivity contribution < 1.29 is 28.6 Å². The largest absolute Gasteiger partial charge is 0.496 e. The van der Waals surface area contributed by atoms with Gasteiger partial charge in [-0.1, -0.05) is 6.08 Å². The van der Waals surface area contributed by atoms with E-state index in [0.29, 0.717) is 63.4 Å². The van der Waals surface area contributed by atoms with Crippen molar-refractivity contribution in [2.75, 3.05) is 58.4 Å². The summed E-state index contributed by atoms with van der Waals surface area (Å²) in [5.41, 5.74) is 4.14. The van der Waals surface area contributed by atoms with Gasteiger partial charge in [0.15, 0.2) is 0 Å². The number of hydrogen-bond donors (Lipinski definition) is 0. The van der Waals surface area contributed by atoms with E-state index in [9.17, 15) is 14.4 Å². The normalized spacial score (nSPS) is 15.3. The molecule has 0 unspecified atom stereocenters. The zero-order valence-electron chi connectivity index (χ0n) is 28.5. The molecule has 0 radical (unpaired) electrons. The Kier molecular flexibility index (Phi) is 10.2. The van der Waals surface area contributed by atoms with Crippen molar-refractivity contribution in [1.29, 1.82) is 0 Å². The quantitative estimate of drug-likeness (QED) is 0.189. The fourth-order valence-electron chi connectivity index (χ4n) is 6.04. The number of carbonyl (C=O) groups is 3. The second kappa shape index (κ2) is 14.6. The summed E-state index contributed by atoms with van der Waals surface area (Å²) in [4.78, 5) is 53.7. The number of ether oxygens (including phenoxy) is 3. The number of anilines is 1. The van der Waals surface area contributed by atoms with E-state index < -0.39 is 11.6 Å². The Balaban J connectivity index is 1.25. The van der Waals surface area contributed by atoms with Crippen LogP contribution in [0.25, 0.3) is 26.9 Å². The number of aromatic nitrogens is 2. The third-order valence-corrected chi connectivity index (χ3v) is 10.4. The minimum atomic E-state index is -0.541. The van der Waals surface area contributed by atoms with Gasteiger partial charge in [-0.3, -0.25) is 4.79 Å². The maximum atomic E-state index is 13.1. The predicted molar refractivity (Wildman–Crippen MR) is 193 cm³/mol. The van der Waals surface area contributed by atoms with Gasteiger partial charge in [0, 0.05) is 92.1 Å². The molecule has 0 spiro atoms. The fourth-order valence-corrected chi connectivity index (χ4v) is 7.72. The summed E-state index contributed by atoms with van der Waals surface area (Å²) in [5, 5.41) is 3.70. The first-order chi connectivity index (χ1) is 23.5. The minimum absolute atomic E-state index is 0.103. The van der Waals surface area contributed by atoms with E-state index in [1.54, 1.807) is 35.6 Å². The van der Waals surface area contributed by atoms with E-state index in [1.807, 2.05) is 55.3 Å². The number of nitrogens with zero attached hydrogens (tertiary/aromatic N) is 5. The molecule has 11 nitrogen and oxygen atoms in total. The van der Waals surface area contributed by atoms with Gasteiger partial charge in [-0.15, -0.1) is 22.7 Å². The van der Waals surface area contributed by atoms with Gasteiger partial charge in [-0.25, -0.2) is 19.6 Å². The highest BCUT2D eigenvalue weighted by molar-refractivity contribution is 7.19. The third-order valence-electron chi connectivity index (χ3n) is 8.50. The first-order valence-electron chi connectivity index (χ1n) is 16.3. The molecule has 4 heterocycles. The highest BCUT2D eigenvalue weighted by Gasteiger charge is 2.27. The molecular weight excluding hydrogens is 663 g/mol. The van der Waals surface area contributed by atoms with Gasteiger partial charge in [0.25, 0.3) is 0 Å². The molecule has 2 aliphatic heterocycles. The fraction of sp³-hybridized carbons (Fsp3) is 0.417. The number of hydrogen-bond acceptors (Lipinski definition) is 11. The molecule has 0 saturated carbocycles. The number of thiazole rings is 2. The zero-order chi connectivity index (χ0) is 34.7. The molecule has 258 valence electrons. The summed E-state index contributed by atoms with van der Waals surface area (Å²) in [6.07, 6.45) is 5.42. The van der Waals surface area contributed by atoms with Crippen molar-refractivity contribution in [3.63, 3.8) is 0 Å². The SMILES string of the molecule is COC(=O)c1cc(-c2ccc(N3CCN(C(=O)OC(C)(C)C)CC3)cc2OC)c2nc(C3=CCCN(C(=O)CCc4nccs4)C3)sc2c1. The number of esters is 1. The molecule has 2 amide bonds. The van der Waals surface area contributed by atoms with E-state index in [1.165, 1.54) is 18.4 Å². The van der Waals surface area contributed by atoms with Crippen LogP contribution >= 0.6 is 22.7 Å². The number of carbonyl (C=O) groups excluding carboxylic acids is 3. The van der Waals surface area contributed by atoms with E-state index in [4.69, 9.17) is 19.2 Å². The molecule has 1 saturated heterocycles. The minimum Gasteiger partial charge on any atom is -0.496 e. The van der Waals surface area contributed by atoms with Crippen molar-refractivity contribution in [1.82, 2.24) is 19.8 Å². The Hall–Kier alpha value is -4.49. The lowest BCUT2D eigenvalue weighted by molar-refractivity contribution is -0.130. The van der Waals surface area contributed by atoms with Crippen LogP contribution in [0.3, 0.4) is 0 Å². The van der Waals surface area contributed by atoms with E-state index in [-0.39, 0.29) is 12.0 Å². The molecule has 2 aromatic carbocycles. The number of amides is 2. The second-order valence-electron chi connectivity index (χ2n) is 13.0. The zero-order valence-corrected chi connectivity index (χ0v) is 30.1. The van der Waals surface area contributed by atoms with Crippen molar-refractivity contribution in [2.24, 2.45) is 0 Å². The lowest BCUT2D eigenvalue weighted by Gasteiger charge is -2.37. The molecule has 0 bridgehead atoms. The molecule has 2 aliphatic rings. The van der Waals surface area contributed by atoms with Gasteiger partial charge < -0.3 is 28.9 Å². The van der Waals surface area contributed by atoms with Gasteiger partial charge in [0.05, 0.1) is 35.0 Å². The van der Waals surface area contributed by atoms with Crippen LogP contribution in [-0.2, 0) is 20.7 Å². The molecule has 0 aliphatic carbocycles. The number of aryl methyl sites for hydroxylation is 1. The number of benzene rings is 2. The first-order valence-corrected chi connectivity index (χ1v) is 18.0. The first kappa shape index (κ1) is 34.4. The van der Waals surface area contributed by atoms with Crippen molar-refractivity contribution in [3.8, 4) is 16.9 Å². The summed E-state index contributed by atoms with van der Waals surface area (Å²) in [5.74, 6) is 0.302. The summed E-state index contributed by atoms with van der Waals surface area (Å²) in [6, 6.07) is 9.63. The van der Waals surface area contributed by atoms with Gasteiger partial charge in [0.1, 0.15) is 16.4 Å². The maximum Gasteiger partial charge on any atom is 0.410 e. The summed E-state index contributed by atoms with van der Waals surface area (Å²) in [7, 11) is 3.00. The molecule has 4 aromatic rings. The predicted octanol–water partition coefficient (Wildman–Crippen LogP) is 6.52. The number of piperazine rings is 1. The van der Waals surface area contributed by atoms with E-state index in [2.05, 4.69) is 16.0 Å². The Labute approximate surface area is 294 Å². The van der Waals surface area contributed by atoms with Gasteiger partial charge >= 0.3 is 12.1 Å². The van der Waals surface area contributed by atoms with E-state index in [0.717, 1.165) is 49.0 Å². The Morgan fingerprint density at radius 2 is 1.76 bits per heavy atom. The van der Waals surface area contributed by atoms with Crippen LogP contribution in [0.2, 0.25) is 0 Å². The Morgan fingerprint density at radius 1 is 0.959 bits per heavy atom. The second-order valence-corrected chi connectivity index (χ2v) is 15.0. The van der Waals surface area contributed by atoms with Gasteiger partial charge in [0.2, 0.25) is 5.91 Å². The van der Waals surface area contributed by atoms with Crippen LogP contribution in [0, 0.1) is 0 Å². The number of methoxy groups -OCH3 is 2. The molecule has 2 aromatic heterocycles. The van der Waals surface area contributed by atoms with Crippen molar-refractivity contribution in [3.05, 3.63) is 63.6 Å². The monoisotopic (exact) mass is 703 g/mol. The smallest absolute Gasteiger partial charge is 0.410 e. The molecule has 6 rings (SSSR count). The van der Waals surface area contributed by atoms with Crippen LogP contribution in [0.4, 0.5) is 10.5 Å². The summed E-state index contributed by atoms with van der Waals surface area (Å²) < 4.78 is 17.4. The van der Waals surface area contributed by atoms with Crippen molar-refractivity contribution >= 4 is 62.1 Å². The molecule has 49 heavy (non-hydrogen) atoms. The van der Waals surface area contributed by atoms with Gasteiger partial charge in [-0.2, -0.15) is 0 Å². The van der Waals surface area contributed by atoms with Crippen LogP contribution in [0.15, 0.2) is 48.0 Å². The van der Waals surface area contributed by atoms with Gasteiger partial charge in [-0.05, 0) is 51.5 Å². The topological polar surface area (TPSA) is 114 Å². The number of fused-ring (bicyclic) bond motifs is 1. The molecule has 0 atom stereocenters. The third kappa shape index (κ3) is 7.88. The average Bonchev–Trinajstić information content (AvgIpc) is 3.79. The molecule has 13 heteroatoms. The highest BCUT2D eigenvalue weighted by atomic mass is 32.1. The van der Waals surface area contributed by atoms with Crippen molar-refractivity contribution in [2.45, 2.75) is 45.6 Å². The lowest BCUT2D eigenvalue weighted by Crippen LogP contribution is -2.50. The van der Waals surface area contributed by atoms with Crippen LogP contribution in [0.1, 0.15) is 54.0 Å². The number of rotatable bonds is 8. The standard InChI is InChI=1S/C36H41N5O6S2/c1-36(2,3)47-35(44)40-16-14-39(15-17-40)25-8-9-26(28(21-25)45-4)27-19-24(34(43)46-5)20-29-32(27)38-33(49-29)23-7-6-13-41(22-23)31(42)11-10-30-37-12-18-48-30/h7-9,12,18-21H,6,10-11,13-17,22H2,1-5H3.